The van der Waals surface area contributed by atoms with Crippen LogP contribution in [-0.2, 0) is 4.74 Å². The first kappa shape index (κ1) is 27.3. The minimum atomic E-state index is -4.51. The molecule has 0 aromatic rings. The second kappa shape index (κ2) is 26.5. The van der Waals surface area contributed by atoms with E-state index in [9.17, 15) is 17.6 Å². The van der Waals surface area contributed by atoms with Crippen molar-refractivity contribution < 1.29 is 27.4 Å². The van der Waals surface area contributed by atoms with E-state index in [0.717, 1.165) is 0 Å². The van der Waals surface area contributed by atoms with Crippen LogP contribution in [0.5, 0.6) is 0 Å². The Balaban J connectivity index is -0.0000000973. The van der Waals surface area contributed by atoms with Crippen LogP contribution in [0.2, 0.25) is 0 Å². The first-order valence-electron chi connectivity index (χ1n) is 5.52. The van der Waals surface area contributed by atoms with Crippen LogP contribution in [0.3, 0.4) is 0 Å². The summed E-state index contributed by atoms with van der Waals surface area (Å²) in [6.07, 6.45) is 1.09. The van der Waals surface area contributed by atoms with Gasteiger partial charge in [-0.3, -0.25) is 0 Å². The van der Waals surface area contributed by atoms with Gasteiger partial charge in [-0.05, 0) is 6.92 Å². The molecule has 0 aromatic carbocycles. The summed E-state index contributed by atoms with van der Waals surface area (Å²) in [7, 11) is 0. The minimum absolute atomic E-state index is 0.0833. The number of allylic oxidation sites excluding steroid dienone is 2. The molecule has 122 valence electrons. The molecule has 0 radical (unpaired) electrons. The lowest BCUT2D eigenvalue weighted by molar-refractivity contribution is -0.0805. The highest BCUT2D eigenvalue weighted by Gasteiger charge is 2.21. The van der Waals surface area contributed by atoms with Gasteiger partial charge in [0.15, 0.2) is 0 Å². The van der Waals surface area contributed by atoms with Crippen LogP contribution >= 0.6 is 0 Å². The first-order chi connectivity index (χ1) is 9.80. The van der Waals surface area contributed by atoms with E-state index in [1.807, 2.05) is 13.0 Å². The summed E-state index contributed by atoms with van der Waals surface area (Å²) in [6.45, 7) is 10.7. The Labute approximate surface area is 123 Å². The maximum absolute atomic E-state index is 10.7. The van der Waals surface area contributed by atoms with E-state index in [0.29, 0.717) is 6.61 Å². The molecule has 0 aromatic heterocycles. The van der Waals surface area contributed by atoms with Crippen LogP contribution in [0, 0.1) is 11.3 Å². The summed E-state index contributed by atoms with van der Waals surface area (Å²) in [6, 6.07) is 1.75. The molecular weight excluding hydrogens is 290 g/mol. The van der Waals surface area contributed by atoms with Crippen LogP contribution in [0.25, 0.3) is 0 Å². The lowest BCUT2D eigenvalue weighted by Gasteiger charge is -1.92. The maximum atomic E-state index is 10.7. The fraction of sp³-hybridized carbons (Fsp3) is 0.357. The smallest absolute Gasteiger partial charge is 0.411 e. The Morgan fingerprint density at radius 1 is 1.29 bits per heavy atom. The van der Waals surface area contributed by atoms with E-state index < -0.39 is 18.6 Å². The molecule has 0 rings (SSSR count). The fourth-order valence-electron chi connectivity index (χ4n) is 0.291. The van der Waals surface area contributed by atoms with Crippen LogP contribution in [0.15, 0.2) is 50.1 Å². The van der Waals surface area contributed by atoms with E-state index in [1.54, 1.807) is 18.4 Å². The zero-order valence-corrected chi connectivity index (χ0v) is 12.1. The Morgan fingerprint density at radius 3 is 1.86 bits per heavy atom. The van der Waals surface area contributed by atoms with Gasteiger partial charge in [-0.1, -0.05) is 24.8 Å². The van der Waals surface area contributed by atoms with Gasteiger partial charge in [-0.25, -0.2) is 4.39 Å². The molecule has 0 heterocycles. The standard InChI is InChI=1S/C6H10O.C3H2F4.C3H6O.C2H3N/c1-3-5-7-6-4-2;4-2-1-3(5,6)7;1-2-3-4;1-2-3/h3-4,6H,1,5H2,2H3;1-2H;2,4H,1,3H2;1H3/b;2-1+;;. The Bertz CT molecular complexity index is 305. The molecule has 7 heteroatoms. The van der Waals surface area contributed by atoms with Gasteiger partial charge in [0, 0.05) is 13.0 Å². The number of aliphatic hydroxyl groups excluding tert-OH is 1. The van der Waals surface area contributed by atoms with Crippen molar-refractivity contribution in [3.05, 3.63) is 50.1 Å². The zero-order chi connectivity index (χ0) is 17.6. The number of hydrogen-bond donors (Lipinski definition) is 1. The molecule has 0 amide bonds. The highest BCUT2D eigenvalue weighted by Crippen LogP contribution is 2.15. The summed E-state index contributed by atoms with van der Waals surface area (Å²) in [5.74, 6) is 0. The average molecular weight is 311 g/mol. The molecule has 21 heavy (non-hydrogen) atoms. The summed E-state index contributed by atoms with van der Waals surface area (Å²) >= 11 is 0. The third-order valence-electron chi connectivity index (χ3n) is 0.827. The van der Waals surface area contributed by atoms with Crippen molar-refractivity contribution in [2.45, 2.75) is 20.0 Å². The van der Waals surface area contributed by atoms with Crippen molar-refractivity contribution in [3.8, 4) is 6.07 Å². The number of ether oxygens (including phenoxy) is 1. The van der Waals surface area contributed by atoms with E-state index in [1.165, 1.54) is 13.0 Å². The van der Waals surface area contributed by atoms with Crippen LogP contribution in [-0.4, -0.2) is 24.5 Å². The molecule has 0 saturated carbocycles. The second-order valence-electron chi connectivity index (χ2n) is 2.62. The Morgan fingerprint density at radius 2 is 1.71 bits per heavy atom. The van der Waals surface area contributed by atoms with Crippen molar-refractivity contribution in [1.82, 2.24) is 0 Å². The predicted molar refractivity (Wildman–Crippen MR) is 75.8 cm³/mol. The van der Waals surface area contributed by atoms with Gasteiger partial charge in [0.05, 0.1) is 25.3 Å². The first-order valence-corrected chi connectivity index (χ1v) is 5.52. The van der Waals surface area contributed by atoms with Crippen molar-refractivity contribution in [2.75, 3.05) is 13.2 Å². The Hall–Kier alpha value is -2.07. The van der Waals surface area contributed by atoms with E-state index in [-0.39, 0.29) is 6.61 Å². The largest absolute Gasteiger partial charge is 0.498 e. The van der Waals surface area contributed by atoms with Crippen molar-refractivity contribution in [3.63, 3.8) is 0 Å². The Kier molecular flexibility index (Phi) is 34.4. The lowest BCUT2D eigenvalue weighted by Crippen LogP contribution is -1.99. The second-order valence-corrected chi connectivity index (χ2v) is 2.62. The predicted octanol–water partition coefficient (Wildman–Crippen LogP) is 4.45. The number of nitrogens with zero attached hydrogens (tertiary/aromatic N) is 1. The molecule has 0 aliphatic rings. The SMILES string of the molecule is C=CCO.C=CCOC=CC.CC#N.F/C=C/C(F)(F)F. The lowest BCUT2D eigenvalue weighted by atomic mass is 10.6. The highest BCUT2D eigenvalue weighted by atomic mass is 19.4. The minimum Gasteiger partial charge on any atom is -0.498 e. The number of aliphatic hydroxyl groups is 1. The summed E-state index contributed by atoms with van der Waals surface area (Å²) in [5, 5.41) is 15.1. The molecule has 0 bridgehead atoms. The molecule has 0 aliphatic heterocycles. The topological polar surface area (TPSA) is 53.2 Å². The van der Waals surface area contributed by atoms with Gasteiger partial charge in [-0.15, -0.1) is 6.58 Å². The number of alkyl halides is 3. The number of halogens is 4. The molecule has 3 nitrogen and oxygen atoms in total. The molecule has 0 unspecified atom stereocenters. The van der Waals surface area contributed by atoms with E-state index in [2.05, 4.69) is 13.2 Å². The van der Waals surface area contributed by atoms with Gasteiger partial charge >= 0.3 is 6.18 Å². The van der Waals surface area contributed by atoms with Crippen molar-refractivity contribution >= 4 is 0 Å². The van der Waals surface area contributed by atoms with E-state index in [4.69, 9.17) is 15.1 Å². The van der Waals surface area contributed by atoms with Crippen molar-refractivity contribution in [2.24, 2.45) is 0 Å². The monoisotopic (exact) mass is 311 g/mol. The maximum Gasteiger partial charge on any atom is 0.411 e. The third-order valence-corrected chi connectivity index (χ3v) is 0.827. The highest BCUT2D eigenvalue weighted by molar-refractivity contribution is 4.80. The molecule has 0 atom stereocenters. The number of nitriles is 1. The molecule has 1 N–H and O–H groups in total. The summed E-state index contributed by atoms with van der Waals surface area (Å²) in [5.41, 5.74) is 0. The van der Waals surface area contributed by atoms with Crippen LogP contribution in [0.1, 0.15) is 13.8 Å². The molecular formula is C14H21F4NO2. The van der Waals surface area contributed by atoms with Crippen molar-refractivity contribution in [1.29, 1.82) is 5.26 Å². The van der Waals surface area contributed by atoms with Gasteiger partial charge < -0.3 is 9.84 Å². The van der Waals surface area contributed by atoms with Gasteiger partial charge in [0.25, 0.3) is 0 Å². The average Bonchev–Trinajstić information content (AvgIpc) is 2.40. The quantitative estimate of drug-likeness (QED) is 0.361. The van der Waals surface area contributed by atoms with Crippen LogP contribution in [0.4, 0.5) is 17.6 Å². The zero-order valence-electron chi connectivity index (χ0n) is 12.1. The molecule has 0 saturated heterocycles. The van der Waals surface area contributed by atoms with Crippen LogP contribution < -0.4 is 0 Å². The summed E-state index contributed by atoms with van der Waals surface area (Å²) in [4.78, 5) is 0. The fourth-order valence-corrected chi connectivity index (χ4v) is 0.291. The number of rotatable bonds is 4. The third kappa shape index (κ3) is 94.7. The molecule has 0 fully saturated rings. The normalized spacial score (nSPS) is 9.05. The van der Waals surface area contributed by atoms with Gasteiger partial charge in [0.1, 0.15) is 6.61 Å². The van der Waals surface area contributed by atoms with Gasteiger partial charge in [-0.2, -0.15) is 18.4 Å². The molecule has 0 spiro atoms. The summed E-state index contributed by atoms with van der Waals surface area (Å²) < 4.78 is 47.6. The number of hydrogen-bond acceptors (Lipinski definition) is 3. The van der Waals surface area contributed by atoms with Gasteiger partial charge in [0.2, 0.25) is 0 Å². The molecule has 0 aliphatic carbocycles. The van der Waals surface area contributed by atoms with E-state index >= 15 is 0 Å².